The molecule has 0 bridgehead atoms. The van der Waals surface area contributed by atoms with Crippen molar-refractivity contribution in [2.24, 2.45) is 0 Å². The van der Waals surface area contributed by atoms with E-state index in [1.54, 1.807) is 6.92 Å². The maximum atomic E-state index is 11.8. The Balaban J connectivity index is 3.73. The van der Waals surface area contributed by atoms with E-state index in [-0.39, 0.29) is 18.7 Å². The first-order valence-corrected chi connectivity index (χ1v) is 5.98. The summed E-state index contributed by atoms with van der Waals surface area (Å²) in [5.41, 5.74) is -2.56. The third kappa shape index (κ3) is 2.83. The van der Waals surface area contributed by atoms with Crippen molar-refractivity contribution >= 4 is 11.7 Å². The van der Waals surface area contributed by atoms with Crippen molar-refractivity contribution in [2.75, 3.05) is 6.61 Å². The number of hydrogen-bond acceptors (Lipinski definition) is 6. The van der Waals surface area contributed by atoms with E-state index >= 15 is 0 Å². The molecule has 0 amide bonds. The summed E-state index contributed by atoms with van der Waals surface area (Å²) in [4.78, 5) is 36.2. The van der Waals surface area contributed by atoms with E-state index in [1.165, 1.54) is 13.0 Å². The molecule has 1 aromatic rings. The predicted molar refractivity (Wildman–Crippen MR) is 68.4 cm³/mol. The first-order valence-electron chi connectivity index (χ1n) is 5.98. The van der Waals surface area contributed by atoms with Crippen molar-refractivity contribution in [3.63, 3.8) is 0 Å². The smallest absolute Gasteiger partial charge is 0.346 e. The van der Waals surface area contributed by atoms with Crippen LogP contribution in [0.1, 0.15) is 41.9 Å². The molecule has 0 aromatic carbocycles. The lowest BCUT2D eigenvalue weighted by Crippen LogP contribution is -2.22. The number of H-pyrrole nitrogens is 1. The van der Waals surface area contributed by atoms with Crippen molar-refractivity contribution in [1.29, 1.82) is 5.26 Å². The molecule has 0 radical (unpaired) electrons. The Morgan fingerprint density at radius 3 is 2.60 bits per heavy atom. The second-order valence-electron chi connectivity index (χ2n) is 3.87. The van der Waals surface area contributed by atoms with Gasteiger partial charge in [0.25, 0.3) is 5.56 Å². The minimum atomic E-state index is -1.04. The van der Waals surface area contributed by atoms with E-state index in [2.05, 4.69) is 4.98 Å². The number of carbonyl (C=O) groups is 1. The van der Waals surface area contributed by atoms with E-state index < -0.39 is 33.3 Å². The van der Waals surface area contributed by atoms with Crippen LogP contribution >= 0.6 is 0 Å². The highest BCUT2D eigenvalue weighted by Gasteiger charge is 2.31. The van der Waals surface area contributed by atoms with Crippen LogP contribution in [0.25, 0.3) is 0 Å². The fourth-order valence-electron chi connectivity index (χ4n) is 1.78. The molecule has 0 fully saturated rings. The summed E-state index contributed by atoms with van der Waals surface area (Å²) in [5.74, 6) is -1.04. The van der Waals surface area contributed by atoms with Crippen LogP contribution in [0, 0.1) is 21.4 Å². The van der Waals surface area contributed by atoms with Gasteiger partial charge in [0.05, 0.1) is 17.2 Å². The molecule has 8 heteroatoms. The topological polar surface area (TPSA) is 126 Å². The number of nitrogens with zero attached hydrogens (tertiary/aromatic N) is 2. The molecule has 1 aromatic heterocycles. The minimum Gasteiger partial charge on any atom is -0.462 e. The Hall–Kier alpha value is -2.69. The van der Waals surface area contributed by atoms with Crippen molar-refractivity contribution in [3.05, 3.63) is 37.3 Å². The van der Waals surface area contributed by atoms with Crippen LogP contribution in [-0.2, 0) is 11.2 Å². The van der Waals surface area contributed by atoms with Gasteiger partial charge < -0.3 is 9.72 Å². The molecule has 0 aliphatic carbocycles. The van der Waals surface area contributed by atoms with E-state index in [4.69, 9.17) is 10.00 Å². The summed E-state index contributed by atoms with van der Waals surface area (Å²) in [6.45, 7) is 3.27. The maximum Gasteiger partial charge on any atom is 0.346 e. The van der Waals surface area contributed by atoms with E-state index in [0.717, 1.165) is 0 Å². The monoisotopic (exact) mass is 279 g/mol. The predicted octanol–water partition coefficient (Wildman–Crippen LogP) is 1.28. The largest absolute Gasteiger partial charge is 0.462 e. The standard InChI is InChI=1S/C12H13N3O5/c1-3-5-8-10(15(18)19)9(12(17)20-4-2)7(6-13)11(16)14-8/h3-5H2,1-2H3,(H,14,16). The quantitative estimate of drug-likeness (QED) is 0.491. The zero-order valence-electron chi connectivity index (χ0n) is 11.1. The van der Waals surface area contributed by atoms with Gasteiger partial charge in [-0.05, 0) is 13.3 Å². The molecular weight excluding hydrogens is 266 g/mol. The molecule has 0 aliphatic rings. The van der Waals surface area contributed by atoms with Crippen LogP contribution in [-0.4, -0.2) is 22.5 Å². The number of nitro groups is 1. The molecule has 106 valence electrons. The number of aromatic nitrogens is 1. The molecule has 0 aliphatic heterocycles. The Kier molecular flexibility index (Phi) is 4.97. The number of aryl methyl sites for hydroxylation is 1. The van der Waals surface area contributed by atoms with E-state index in [9.17, 15) is 19.7 Å². The van der Waals surface area contributed by atoms with Crippen molar-refractivity contribution in [1.82, 2.24) is 4.98 Å². The lowest BCUT2D eigenvalue weighted by Gasteiger charge is -2.08. The van der Waals surface area contributed by atoms with Crippen LogP contribution in [0.2, 0.25) is 0 Å². The second kappa shape index (κ2) is 6.47. The average molecular weight is 279 g/mol. The molecule has 0 spiro atoms. The Labute approximate surface area is 114 Å². The molecule has 1 heterocycles. The Bertz CT molecular complexity index is 642. The Morgan fingerprint density at radius 2 is 2.15 bits per heavy atom. The highest BCUT2D eigenvalue weighted by molar-refractivity contribution is 5.96. The number of aromatic amines is 1. The third-order valence-corrected chi connectivity index (χ3v) is 2.54. The third-order valence-electron chi connectivity index (χ3n) is 2.54. The molecule has 1 rings (SSSR count). The van der Waals surface area contributed by atoms with Gasteiger partial charge >= 0.3 is 11.7 Å². The van der Waals surface area contributed by atoms with Crippen molar-refractivity contribution in [2.45, 2.75) is 26.7 Å². The number of esters is 1. The van der Waals surface area contributed by atoms with Gasteiger partial charge in [-0.15, -0.1) is 0 Å². The van der Waals surface area contributed by atoms with Crippen LogP contribution in [0.15, 0.2) is 4.79 Å². The number of ether oxygens (including phenoxy) is 1. The first-order chi connectivity index (χ1) is 9.47. The second-order valence-corrected chi connectivity index (χ2v) is 3.87. The fraction of sp³-hybridized carbons (Fsp3) is 0.417. The van der Waals surface area contributed by atoms with Gasteiger partial charge in [0, 0.05) is 0 Å². The first kappa shape index (κ1) is 15.4. The molecule has 0 unspecified atom stereocenters. The van der Waals surface area contributed by atoms with Crippen molar-refractivity contribution < 1.29 is 14.5 Å². The number of hydrogen-bond donors (Lipinski definition) is 1. The van der Waals surface area contributed by atoms with E-state index in [0.29, 0.717) is 6.42 Å². The number of nitrogens with one attached hydrogen (secondary N) is 1. The molecular formula is C12H13N3O5. The highest BCUT2D eigenvalue weighted by atomic mass is 16.6. The van der Waals surface area contributed by atoms with Crippen molar-refractivity contribution in [3.8, 4) is 6.07 Å². The van der Waals surface area contributed by atoms with Gasteiger partial charge in [-0.3, -0.25) is 14.9 Å². The van der Waals surface area contributed by atoms with Crippen LogP contribution in [0.5, 0.6) is 0 Å². The van der Waals surface area contributed by atoms with Crippen LogP contribution < -0.4 is 5.56 Å². The van der Waals surface area contributed by atoms with Crippen LogP contribution in [0.4, 0.5) is 5.69 Å². The molecule has 8 nitrogen and oxygen atoms in total. The summed E-state index contributed by atoms with van der Waals surface area (Å²) in [6, 6.07) is 1.52. The van der Waals surface area contributed by atoms with Gasteiger partial charge in [-0.2, -0.15) is 5.26 Å². The lowest BCUT2D eigenvalue weighted by atomic mass is 10.0. The maximum absolute atomic E-state index is 11.8. The number of carbonyl (C=O) groups excluding carboxylic acids is 1. The zero-order chi connectivity index (χ0) is 15.3. The molecule has 0 saturated heterocycles. The number of rotatable bonds is 5. The van der Waals surface area contributed by atoms with Gasteiger partial charge in [-0.25, -0.2) is 4.79 Å². The summed E-state index contributed by atoms with van der Waals surface area (Å²) in [7, 11) is 0. The van der Waals surface area contributed by atoms with Gasteiger partial charge in [0.1, 0.15) is 11.6 Å². The number of pyridine rings is 1. The summed E-state index contributed by atoms with van der Waals surface area (Å²) in [5, 5.41) is 20.1. The lowest BCUT2D eigenvalue weighted by molar-refractivity contribution is -0.386. The molecule has 0 atom stereocenters. The average Bonchev–Trinajstić information content (AvgIpc) is 2.38. The number of nitriles is 1. The minimum absolute atomic E-state index is 0.0171. The summed E-state index contributed by atoms with van der Waals surface area (Å²) >= 11 is 0. The van der Waals surface area contributed by atoms with Gasteiger partial charge in [-0.1, -0.05) is 13.3 Å². The van der Waals surface area contributed by atoms with E-state index in [1.807, 2.05) is 0 Å². The Morgan fingerprint density at radius 1 is 1.50 bits per heavy atom. The summed E-state index contributed by atoms with van der Waals surface area (Å²) in [6.07, 6.45) is 0.745. The molecule has 0 saturated carbocycles. The van der Waals surface area contributed by atoms with Gasteiger partial charge in [0.15, 0.2) is 5.56 Å². The molecule has 20 heavy (non-hydrogen) atoms. The molecule has 1 N–H and O–H groups in total. The van der Waals surface area contributed by atoms with Gasteiger partial charge in [0.2, 0.25) is 0 Å². The summed E-state index contributed by atoms with van der Waals surface area (Å²) < 4.78 is 4.70. The zero-order valence-corrected chi connectivity index (χ0v) is 11.1. The SMILES string of the molecule is CCCc1[nH]c(=O)c(C#N)c(C(=O)OCC)c1[N+](=O)[O-]. The fourth-order valence-corrected chi connectivity index (χ4v) is 1.78. The highest BCUT2D eigenvalue weighted by Crippen LogP contribution is 2.25. The van der Waals surface area contributed by atoms with Crippen LogP contribution in [0.3, 0.4) is 0 Å². The normalized spacial score (nSPS) is 9.85.